The Labute approximate surface area is 126 Å². The van der Waals surface area contributed by atoms with Gasteiger partial charge in [-0.3, -0.25) is 0 Å². The van der Waals surface area contributed by atoms with Crippen LogP contribution in [0.1, 0.15) is 20.8 Å². The number of thiophene rings is 1. The summed E-state index contributed by atoms with van der Waals surface area (Å²) in [5, 5.41) is 15.2. The second kappa shape index (κ2) is 6.11. The third-order valence-electron chi connectivity index (χ3n) is 3.45. The average molecular weight is 300 g/mol. The molecule has 5 heteroatoms. The summed E-state index contributed by atoms with van der Waals surface area (Å²) in [6.45, 7) is 1.57. The molecule has 0 spiro atoms. The molecule has 3 aromatic rings. The first-order chi connectivity index (χ1) is 10.2. The minimum absolute atomic E-state index is 0.369. The van der Waals surface area contributed by atoms with Crippen LogP contribution < -0.4 is 5.32 Å². The lowest BCUT2D eigenvalue weighted by Crippen LogP contribution is -2.15. The van der Waals surface area contributed by atoms with Crippen molar-refractivity contribution in [1.29, 1.82) is 0 Å². The van der Waals surface area contributed by atoms with E-state index in [-0.39, 0.29) is 0 Å². The van der Waals surface area contributed by atoms with Gasteiger partial charge in [0.1, 0.15) is 0 Å². The van der Waals surface area contributed by atoms with Crippen LogP contribution in [-0.2, 0) is 13.0 Å². The maximum absolute atomic E-state index is 10.8. The number of carboxylic acid groups (broad SMARTS) is 1. The number of carboxylic acids is 1. The first kappa shape index (κ1) is 13.9. The Morgan fingerprint density at radius 2 is 2.19 bits per heavy atom. The van der Waals surface area contributed by atoms with Crippen LogP contribution >= 0.6 is 11.3 Å². The number of aromatic nitrogens is 1. The van der Waals surface area contributed by atoms with E-state index in [1.165, 1.54) is 22.3 Å². The van der Waals surface area contributed by atoms with Crippen LogP contribution in [0.3, 0.4) is 0 Å². The van der Waals surface area contributed by atoms with Gasteiger partial charge in [0.2, 0.25) is 0 Å². The molecule has 0 fully saturated rings. The lowest BCUT2D eigenvalue weighted by atomic mass is 10.1. The van der Waals surface area contributed by atoms with Gasteiger partial charge < -0.3 is 15.4 Å². The second-order valence-corrected chi connectivity index (χ2v) is 5.89. The third kappa shape index (κ3) is 3.15. The van der Waals surface area contributed by atoms with E-state index >= 15 is 0 Å². The van der Waals surface area contributed by atoms with Crippen molar-refractivity contribution in [3.63, 3.8) is 0 Å². The van der Waals surface area contributed by atoms with E-state index in [1.807, 2.05) is 12.1 Å². The summed E-state index contributed by atoms with van der Waals surface area (Å²) in [6, 6.07) is 10.0. The Morgan fingerprint density at radius 3 is 3.00 bits per heavy atom. The molecule has 0 bridgehead atoms. The molecule has 0 aliphatic rings. The molecule has 21 heavy (non-hydrogen) atoms. The van der Waals surface area contributed by atoms with E-state index < -0.39 is 5.97 Å². The highest BCUT2D eigenvalue weighted by atomic mass is 32.1. The molecular formula is C16H16N2O2S. The zero-order chi connectivity index (χ0) is 14.7. The third-order valence-corrected chi connectivity index (χ3v) is 4.38. The number of fused-ring (bicyclic) bond motifs is 1. The van der Waals surface area contributed by atoms with Crippen molar-refractivity contribution < 1.29 is 9.90 Å². The molecule has 0 saturated carbocycles. The molecule has 2 heterocycles. The van der Waals surface area contributed by atoms with Crippen LogP contribution in [0, 0.1) is 0 Å². The number of aromatic amines is 1. The molecule has 0 aliphatic carbocycles. The molecule has 3 rings (SSSR count). The Bertz CT molecular complexity index is 760. The van der Waals surface area contributed by atoms with Gasteiger partial charge in [-0.1, -0.05) is 18.2 Å². The van der Waals surface area contributed by atoms with Gasteiger partial charge in [-0.25, -0.2) is 4.79 Å². The van der Waals surface area contributed by atoms with Gasteiger partial charge in [0, 0.05) is 33.9 Å². The van der Waals surface area contributed by atoms with E-state index in [0.717, 1.165) is 23.4 Å². The highest BCUT2D eigenvalue weighted by Crippen LogP contribution is 2.18. The van der Waals surface area contributed by atoms with Gasteiger partial charge in [-0.05, 0) is 30.7 Å². The summed E-state index contributed by atoms with van der Waals surface area (Å²) < 4.78 is 0. The van der Waals surface area contributed by atoms with Gasteiger partial charge in [0.25, 0.3) is 0 Å². The summed E-state index contributed by atoms with van der Waals surface area (Å²) in [6.07, 6.45) is 3.00. The Kier molecular flexibility index (Phi) is 4.03. The number of benzene rings is 1. The molecule has 1 aromatic carbocycles. The predicted octanol–water partition coefficient (Wildman–Crippen LogP) is 3.26. The number of carbonyl (C=O) groups is 1. The van der Waals surface area contributed by atoms with Gasteiger partial charge in [0.15, 0.2) is 0 Å². The van der Waals surface area contributed by atoms with Crippen molar-refractivity contribution in [3.05, 3.63) is 57.9 Å². The van der Waals surface area contributed by atoms with E-state index in [2.05, 4.69) is 28.6 Å². The molecule has 0 radical (unpaired) electrons. The number of H-pyrrole nitrogens is 1. The number of nitrogens with one attached hydrogen (secondary N) is 2. The van der Waals surface area contributed by atoms with Crippen LogP contribution in [0.2, 0.25) is 0 Å². The van der Waals surface area contributed by atoms with Gasteiger partial charge in [-0.15, -0.1) is 11.3 Å². The summed E-state index contributed by atoms with van der Waals surface area (Å²) in [4.78, 5) is 15.1. The number of hydrogen-bond acceptors (Lipinski definition) is 3. The number of aromatic carboxylic acids is 1. The van der Waals surface area contributed by atoms with Crippen LogP contribution in [0.15, 0.2) is 41.9 Å². The zero-order valence-corrected chi connectivity index (χ0v) is 12.2. The van der Waals surface area contributed by atoms with Gasteiger partial charge in [-0.2, -0.15) is 0 Å². The lowest BCUT2D eigenvalue weighted by molar-refractivity contribution is 0.0697. The van der Waals surface area contributed by atoms with Gasteiger partial charge >= 0.3 is 5.97 Å². The standard InChI is InChI=1S/C16H16N2O2S/c19-16(20)12-7-13(21-10-12)9-17-6-5-11-8-18-15-4-2-1-3-14(11)15/h1-4,7-8,10,17-18H,5-6,9H2,(H,19,20). The molecule has 0 aliphatic heterocycles. The minimum Gasteiger partial charge on any atom is -0.478 e. The monoisotopic (exact) mass is 300 g/mol. The highest BCUT2D eigenvalue weighted by Gasteiger charge is 2.06. The van der Waals surface area contributed by atoms with E-state index in [1.54, 1.807) is 11.4 Å². The largest absolute Gasteiger partial charge is 0.478 e. The van der Waals surface area contributed by atoms with Crippen molar-refractivity contribution in [1.82, 2.24) is 10.3 Å². The Balaban J connectivity index is 1.53. The van der Waals surface area contributed by atoms with Crippen LogP contribution in [0.5, 0.6) is 0 Å². The molecule has 0 amide bonds. The fourth-order valence-electron chi connectivity index (χ4n) is 2.36. The van der Waals surface area contributed by atoms with Crippen molar-refractivity contribution in [2.75, 3.05) is 6.54 Å². The molecular weight excluding hydrogens is 284 g/mol. The molecule has 108 valence electrons. The van der Waals surface area contributed by atoms with E-state index in [0.29, 0.717) is 12.1 Å². The quantitative estimate of drug-likeness (QED) is 0.612. The van der Waals surface area contributed by atoms with Crippen LogP contribution in [-0.4, -0.2) is 22.6 Å². The summed E-state index contributed by atoms with van der Waals surface area (Å²) in [5.74, 6) is -0.865. The molecule has 3 N–H and O–H groups in total. The molecule has 0 atom stereocenters. The molecule has 2 aromatic heterocycles. The van der Waals surface area contributed by atoms with E-state index in [9.17, 15) is 4.79 Å². The van der Waals surface area contributed by atoms with Crippen LogP contribution in [0.25, 0.3) is 10.9 Å². The smallest absolute Gasteiger partial charge is 0.336 e. The highest BCUT2D eigenvalue weighted by molar-refractivity contribution is 7.10. The topological polar surface area (TPSA) is 65.1 Å². The summed E-state index contributed by atoms with van der Waals surface area (Å²) in [7, 11) is 0. The SMILES string of the molecule is O=C(O)c1csc(CNCCc2c[nH]c3ccccc23)c1. The first-order valence-corrected chi connectivity index (χ1v) is 7.68. The number of hydrogen-bond donors (Lipinski definition) is 3. The van der Waals surface area contributed by atoms with Gasteiger partial charge in [0.05, 0.1) is 5.56 Å². The van der Waals surface area contributed by atoms with Crippen molar-refractivity contribution >= 4 is 28.2 Å². The zero-order valence-electron chi connectivity index (χ0n) is 11.4. The maximum atomic E-state index is 10.8. The lowest BCUT2D eigenvalue weighted by Gasteiger charge is -2.02. The van der Waals surface area contributed by atoms with Crippen molar-refractivity contribution in [2.45, 2.75) is 13.0 Å². The van der Waals surface area contributed by atoms with E-state index in [4.69, 9.17) is 5.11 Å². The van der Waals surface area contributed by atoms with Crippen molar-refractivity contribution in [2.24, 2.45) is 0 Å². The fourth-order valence-corrected chi connectivity index (χ4v) is 3.19. The summed E-state index contributed by atoms with van der Waals surface area (Å²) >= 11 is 1.48. The number of para-hydroxylation sites is 1. The number of rotatable bonds is 6. The molecule has 0 saturated heterocycles. The van der Waals surface area contributed by atoms with Crippen LogP contribution in [0.4, 0.5) is 0 Å². The fraction of sp³-hybridized carbons (Fsp3) is 0.188. The average Bonchev–Trinajstić information content (AvgIpc) is 3.11. The molecule has 0 unspecified atom stereocenters. The summed E-state index contributed by atoms with van der Waals surface area (Å²) in [5.41, 5.74) is 2.83. The maximum Gasteiger partial charge on any atom is 0.336 e. The molecule has 4 nitrogen and oxygen atoms in total. The van der Waals surface area contributed by atoms with Crippen molar-refractivity contribution in [3.8, 4) is 0 Å². The predicted molar refractivity (Wildman–Crippen MR) is 85.0 cm³/mol. The minimum atomic E-state index is -0.865. The Hall–Kier alpha value is -2.11. The second-order valence-electron chi connectivity index (χ2n) is 4.89. The first-order valence-electron chi connectivity index (χ1n) is 6.80. The normalized spacial score (nSPS) is 11.0. The Morgan fingerprint density at radius 1 is 1.33 bits per heavy atom.